The van der Waals surface area contributed by atoms with E-state index >= 15 is 0 Å². The van der Waals surface area contributed by atoms with Gasteiger partial charge in [-0.3, -0.25) is 9.36 Å². The summed E-state index contributed by atoms with van der Waals surface area (Å²) in [6, 6.07) is 17.9. The number of carbonyl (C=O) groups is 1. The number of methoxy groups -OCH3 is 1. The second-order valence-electron chi connectivity index (χ2n) is 7.23. The Balaban J connectivity index is 1.86. The van der Waals surface area contributed by atoms with Crippen molar-refractivity contribution in [1.29, 1.82) is 0 Å². The van der Waals surface area contributed by atoms with Gasteiger partial charge in [0.25, 0.3) is 0 Å². The molecule has 1 aliphatic heterocycles. The number of halogens is 1. The molecule has 0 aliphatic carbocycles. The van der Waals surface area contributed by atoms with Crippen molar-refractivity contribution in [3.8, 4) is 5.69 Å². The predicted octanol–water partition coefficient (Wildman–Crippen LogP) is 4.43. The van der Waals surface area contributed by atoms with E-state index in [1.54, 1.807) is 0 Å². The number of anilines is 1. The zero-order valence-electron chi connectivity index (χ0n) is 16.5. The van der Waals surface area contributed by atoms with Gasteiger partial charge >= 0.3 is 5.97 Å². The zero-order valence-corrected chi connectivity index (χ0v) is 17.2. The number of carbonyl (C=O) groups excluding carboxylic acids is 1. The number of benzene rings is 2. The first-order valence-electron chi connectivity index (χ1n) is 9.88. The zero-order chi connectivity index (χ0) is 20.2. The van der Waals surface area contributed by atoms with Crippen LogP contribution in [0.2, 0.25) is 5.02 Å². The highest BCUT2D eigenvalue weighted by Gasteiger charge is 2.26. The van der Waals surface area contributed by atoms with Gasteiger partial charge in [-0.1, -0.05) is 41.9 Å². The van der Waals surface area contributed by atoms with Crippen LogP contribution in [0.1, 0.15) is 29.8 Å². The van der Waals surface area contributed by atoms with Crippen LogP contribution >= 0.6 is 11.6 Å². The van der Waals surface area contributed by atoms with Crippen molar-refractivity contribution in [3.63, 3.8) is 0 Å². The number of rotatable bonds is 6. The summed E-state index contributed by atoms with van der Waals surface area (Å²) in [5.74, 6) is 0.608. The molecule has 0 atom stereocenters. The maximum absolute atomic E-state index is 12.3. The summed E-state index contributed by atoms with van der Waals surface area (Å²) in [6.45, 7) is 1.93. The molecule has 6 heteroatoms. The lowest BCUT2D eigenvalue weighted by molar-refractivity contribution is -0.139. The topological polar surface area (TPSA) is 47.4 Å². The minimum Gasteiger partial charge on any atom is -0.469 e. The molecule has 2 heterocycles. The normalized spacial score (nSPS) is 13.7. The van der Waals surface area contributed by atoms with Gasteiger partial charge in [0.05, 0.1) is 24.9 Å². The summed E-state index contributed by atoms with van der Waals surface area (Å²) in [4.78, 5) is 19.6. The average Bonchev–Trinajstić information content (AvgIpc) is 3.38. The van der Waals surface area contributed by atoms with E-state index < -0.39 is 0 Å². The molecular weight excluding hydrogens is 386 g/mol. The molecule has 2 aromatic carbocycles. The molecule has 0 spiro atoms. The fourth-order valence-electron chi connectivity index (χ4n) is 3.80. The van der Waals surface area contributed by atoms with E-state index in [-0.39, 0.29) is 12.4 Å². The van der Waals surface area contributed by atoms with Crippen molar-refractivity contribution in [2.45, 2.75) is 25.7 Å². The summed E-state index contributed by atoms with van der Waals surface area (Å²) < 4.78 is 7.08. The molecule has 150 valence electrons. The first kappa shape index (κ1) is 19.5. The van der Waals surface area contributed by atoms with Gasteiger partial charge < -0.3 is 9.64 Å². The van der Waals surface area contributed by atoms with Crippen LogP contribution in [0, 0.1) is 0 Å². The first-order valence-corrected chi connectivity index (χ1v) is 10.3. The van der Waals surface area contributed by atoms with E-state index in [9.17, 15) is 4.79 Å². The monoisotopic (exact) mass is 409 g/mol. The Hall–Kier alpha value is -2.79. The van der Waals surface area contributed by atoms with E-state index in [1.165, 1.54) is 7.11 Å². The highest BCUT2D eigenvalue weighted by atomic mass is 35.5. The second kappa shape index (κ2) is 8.70. The lowest BCUT2D eigenvalue weighted by Gasteiger charge is -2.20. The van der Waals surface area contributed by atoms with Crippen molar-refractivity contribution in [1.82, 2.24) is 9.55 Å². The molecule has 0 saturated carbocycles. The lowest BCUT2D eigenvalue weighted by Crippen LogP contribution is -2.22. The third-order valence-corrected chi connectivity index (χ3v) is 5.52. The third kappa shape index (κ3) is 4.30. The molecule has 4 rings (SSSR count). The van der Waals surface area contributed by atoms with Crippen molar-refractivity contribution < 1.29 is 9.53 Å². The minimum atomic E-state index is -0.276. The number of imidazole rings is 1. The summed E-state index contributed by atoms with van der Waals surface area (Å²) in [5.41, 5.74) is 3.87. The number of nitrogens with zero attached hydrogens (tertiary/aromatic N) is 3. The standard InChI is InChI=1S/C23H24ClN3O2/c1-29-22(28)16-21-20(15-17-7-3-2-4-8-17)25-23(26-13-5-6-14-26)27(21)19-11-9-18(24)10-12-19/h2-4,7-12H,5-6,13-16H2,1H3. The number of hydrogen-bond acceptors (Lipinski definition) is 4. The van der Waals surface area contributed by atoms with Crippen LogP contribution in [-0.4, -0.2) is 35.7 Å². The maximum Gasteiger partial charge on any atom is 0.311 e. The Morgan fingerprint density at radius 3 is 2.41 bits per heavy atom. The molecule has 0 bridgehead atoms. The fourth-order valence-corrected chi connectivity index (χ4v) is 3.92. The van der Waals surface area contributed by atoms with Crippen molar-refractivity contribution in [2.75, 3.05) is 25.1 Å². The average molecular weight is 410 g/mol. The van der Waals surface area contributed by atoms with Gasteiger partial charge in [-0.15, -0.1) is 0 Å². The molecule has 3 aromatic rings. The Morgan fingerprint density at radius 1 is 1.07 bits per heavy atom. The van der Waals surface area contributed by atoms with Crippen LogP contribution in [0.15, 0.2) is 54.6 Å². The highest BCUT2D eigenvalue weighted by Crippen LogP contribution is 2.30. The van der Waals surface area contributed by atoms with E-state index in [2.05, 4.69) is 21.6 Å². The van der Waals surface area contributed by atoms with Crippen molar-refractivity contribution >= 4 is 23.5 Å². The Kier molecular flexibility index (Phi) is 5.86. The van der Waals surface area contributed by atoms with Gasteiger partial charge in [0.2, 0.25) is 5.95 Å². The molecule has 0 amide bonds. The molecular formula is C23H24ClN3O2. The molecule has 1 aliphatic rings. The van der Waals surface area contributed by atoms with Crippen LogP contribution in [0.25, 0.3) is 5.69 Å². The largest absolute Gasteiger partial charge is 0.469 e. The van der Waals surface area contributed by atoms with Gasteiger partial charge in [-0.05, 0) is 42.7 Å². The van der Waals surface area contributed by atoms with E-state index in [0.717, 1.165) is 54.5 Å². The molecule has 0 unspecified atom stereocenters. The maximum atomic E-state index is 12.3. The smallest absolute Gasteiger partial charge is 0.311 e. The van der Waals surface area contributed by atoms with Gasteiger partial charge in [-0.2, -0.15) is 0 Å². The Morgan fingerprint density at radius 2 is 1.76 bits per heavy atom. The molecule has 5 nitrogen and oxygen atoms in total. The van der Waals surface area contributed by atoms with Gasteiger partial charge in [0, 0.05) is 30.2 Å². The third-order valence-electron chi connectivity index (χ3n) is 5.27. The molecule has 1 fully saturated rings. The Labute approximate surface area is 175 Å². The molecule has 1 aromatic heterocycles. The van der Waals surface area contributed by atoms with E-state index in [1.807, 2.05) is 42.5 Å². The Bertz CT molecular complexity index is 977. The van der Waals surface area contributed by atoms with Crippen LogP contribution in [0.3, 0.4) is 0 Å². The highest BCUT2D eigenvalue weighted by molar-refractivity contribution is 6.30. The van der Waals surface area contributed by atoms with Crippen molar-refractivity contribution in [2.24, 2.45) is 0 Å². The number of hydrogen-bond donors (Lipinski definition) is 0. The second-order valence-corrected chi connectivity index (χ2v) is 7.66. The summed E-state index contributed by atoms with van der Waals surface area (Å²) in [7, 11) is 1.42. The van der Waals surface area contributed by atoms with Crippen LogP contribution in [0.5, 0.6) is 0 Å². The molecule has 0 radical (unpaired) electrons. The quantitative estimate of drug-likeness (QED) is 0.565. The predicted molar refractivity (Wildman–Crippen MR) is 115 cm³/mol. The van der Waals surface area contributed by atoms with Gasteiger partial charge in [0.15, 0.2) is 0 Å². The fraction of sp³-hybridized carbons (Fsp3) is 0.304. The van der Waals surface area contributed by atoms with Crippen LogP contribution < -0.4 is 4.90 Å². The minimum absolute atomic E-state index is 0.169. The lowest BCUT2D eigenvalue weighted by atomic mass is 10.1. The number of aromatic nitrogens is 2. The number of ether oxygens (including phenoxy) is 1. The van der Waals surface area contributed by atoms with Gasteiger partial charge in [0.1, 0.15) is 0 Å². The summed E-state index contributed by atoms with van der Waals surface area (Å²) >= 11 is 6.12. The van der Waals surface area contributed by atoms with Crippen molar-refractivity contribution in [3.05, 3.63) is 76.6 Å². The SMILES string of the molecule is COC(=O)Cc1c(Cc2ccccc2)nc(N2CCCC2)n1-c1ccc(Cl)cc1. The van der Waals surface area contributed by atoms with Crippen LogP contribution in [-0.2, 0) is 22.4 Å². The van der Waals surface area contributed by atoms with E-state index in [4.69, 9.17) is 21.3 Å². The summed E-state index contributed by atoms with van der Waals surface area (Å²) in [5, 5.41) is 0.676. The molecule has 0 N–H and O–H groups in total. The number of esters is 1. The molecule has 1 saturated heterocycles. The first-order chi connectivity index (χ1) is 14.2. The van der Waals surface area contributed by atoms with Crippen LogP contribution in [0.4, 0.5) is 5.95 Å². The molecule has 29 heavy (non-hydrogen) atoms. The summed E-state index contributed by atoms with van der Waals surface area (Å²) in [6.07, 6.45) is 3.12. The van der Waals surface area contributed by atoms with E-state index in [0.29, 0.717) is 11.4 Å². The van der Waals surface area contributed by atoms with Gasteiger partial charge in [-0.25, -0.2) is 4.98 Å².